The summed E-state index contributed by atoms with van der Waals surface area (Å²) < 4.78 is 1.63. The molecule has 1 heterocycles. The maximum Gasteiger partial charge on any atom is 0.343 e. The Morgan fingerprint density at radius 1 is 1.42 bits per heavy atom. The van der Waals surface area contributed by atoms with Crippen LogP contribution in [0, 0.1) is 5.92 Å². The Kier molecular flexibility index (Phi) is 4.68. The molecule has 0 amide bonds. The molecule has 1 rings (SSSR count). The standard InChI is InChI=1S/C12H17N3O4/c1-7(4-13-9-5-14-15(3)6-9)8(2)10(11(16)17)12(18)19/h5-7,13H,4H2,1-3H3,(H,16,17)(H,18,19). The van der Waals surface area contributed by atoms with Crippen LogP contribution < -0.4 is 5.32 Å². The molecular formula is C12H17N3O4. The number of aliphatic carboxylic acids is 2. The summed E-state index contributed by atoms with van der Waals surface area (Å²) in [4.78, 5) is 21.8. The molecule has 0 aromatic carbocycles. The van der Waals surface area contributed by atoms with Crippen molar-refractivity contribution >= 4 is 17.6 Å². The molecule has 0 bridgehead atoms. The Hall–Kier alpha value is -2.31. The molecule has 0 radical (unpaired) electrons. The van der Waals surface area contributed by atoms with Gasteiger partial charge in [0.25, 0.3) is 0 Å². The molecule has 0 spiro atoms. The third-order valence-corrected chi connectivity index (χ3v) is 2.88. The fourth-order valence-corrected chi connectivity index (χ4v) is 1.61. The summed E-state index contributed by atoms with van der Waals surface area (Å²) in [7, 11) is 1.78. The van der Waals surface area contributed by atoms with Gasteiger partial charge in [-0.25, -0.2) is 9.59 Å². The predicted octanol–water partition coefficient (Wildman–Crippen LogP) is 0.954. The molecule has 7 heteroatoms. The highest BCUT2D eigenvalue weighted by molar-refractivity contribution is 6.13. The summed E-state index contributed by atoms with van der Waals surface area (Å²) >= 11 is 0. The van der Waals surface area contributed by atoms with E-state index in [4.69, 9.17) is 10.2 Å². The van der Waals surface area contributed by atoms with Crippen molar-refractivity contribution in [1.82, 2.24) is 9.78 Å². The van der Waals surface area contributed by atoms with Crippen LogP contribution >= 0.6 is 0 Å². The summed E-state index contributed by atoms with van der Waals surface area (Å²) in [5, 5.41) is 24.8. The van der Waals surface area contributed by atoms with Crippen LogP contribution in [0.25, 0.3) is 0 Å². The molecule has 7 nitrogen and oxygen atoms in total. The third kappa shape index (κ3) is 3.84. The number of anilines is 1. The van der Waals surface area contributed by atoms with Gasteiger partial charge in [-0.3, -0.25) is 4.68 Å². The van der Waals surface area contributed by atoms with Gasteiger partial charge in [-0.2, -0.15) is 5.10 Å². The van der Waals surface area contributed by atoms with E-state index in [1.54, 1.807) is 31.0 Å². The molecule has 0 aliphatic heterocycles. The van der Waals surface area contributed by atoms with Crippen molar-refractivity contribution in [1.29, 1.82) is 0 Å². The van der Waals surface area contributed by atoms with E-state index in [2.05, 4.69) is 10.4 Å². The maximum absolute atomic E-state index is 10.9. The van der Waals surface area contributed by atoms with Crippen LogP contribution in [0.3, 0.4) is 0 Å². The van der Waals surface area contributed by atoms with E-state index in [-0.39, 0.29) is 5.92 Å². The van der Waals surface area contributed by atoms with Gasteiger partial charge in [-0.15, -0.1) is 0 Å². The molecule has 1 aromatic rings. The molecule has 3 N–H and O–H groups in total. The van der Waals surface area contributed by atoms with Gasteiger partial charge in [-0.1, -0.05) is 6.92 Å². The van der Waals surface area contributed by atoms with E-state index in [1.807, 2.05) is 0 Å². The van der Waals surface area contributed by atoms with Gasteiger partial charge < -0.3 is 15.5 Å². The number of hydrogen-bond acceptors (Lipinski definition) is 4. The molecule has 1 aromatic heterocycles. The predicted molar refractivity (Wildman–Crippen MR) is 68.8 cm³/mol. The van der Waals surface area contributed by atoms with Crippen LogP contribution in [-0.4, -0.2) is 38.5 Å². The van der Waals surface area contributed by atoms with Crippen LogP contribution in [0.2, 0.25) is 0 Å². The number of carbonyl (C=O) groups is 2. The minimum Gasteiger partial charge on any atom is -0.477 e. The van der Waals surface area contributed by atoms with E-state index in [0.717, 1.165) is 5.69 Å². The average Bonchev–Trinajstić information content (AvgIpc) is 2.70. The number of carboxylic acid groups (broad SMARTS) is 2. The van der Waals surface area contributed by atoms with Crippen molar-refractivity contribution in [3.8, 4) is 0 Å². The summed E-state index contributed by atoms with van der Waals surface area (Å²) in [6.45, 7) is 3.72. The normalized spacial score (nSPS) is 11.7. The average molecular weight is 267 g/mol. The lowest BCUT2D eigenvalue weighted by molar-refractivity contribution is -0.140. The molecule has 0 aliphatic carbocycles. The highest BCUT2D eigenvalue weighted by atomic mass is 16.4. The van der Waals surface area contributed by atoms with Crippen LogP contribution in [0.5, 0.6) is 0 Å². The zero-order chi connectivity index (χ0) is 14.6. The first-order valence-electron chi connectivity index (χ1n) is 5.72. The molecule has 0 aliphatic rings. The Morgan fingerprint density at radius 2 is 2.00 bits per heavy atom. The maximum atomic E-state index is 10.9. The number of hydrogen-bond donors (Lipinski definition) is 3. The highest BCUT2D eigenvalue weighted by Gasteiger charge is 2.22. The minimum atomic E-state index is -1.42. The van der Waals surface area contributed by atoms with Gasteiger partial charge in [0.2, 0.25) is 0 Å². The monoisotopic (exact) mass is 267 g/mol. The number of carboxylic acids is 2. The largest absolute Gasteiger partial charge is 0.477 e. The zero-order valence-electron chi connectivity index (χ0n) is 11.0. The molecule has 104 valence electrons. The zero-order valence-corrected chi connectivity index (χ0v) is 11.0. The first-order valence-corrected chi connectivity index (χ1v) is 5.72. The quantitative estimate of drug-likeness (QED) is 0.403. The van der Waals surface area contributed by atoms with E-state index >= 15 is 0 Å². The molecule has 0 saturated heterocycles. The lowest BCUT2D eigenvalue weighted by atomic mass is 9.97. The molecule has 0 fully saturated rings. The van der Waals surface area contributed by atoms with Gasteiger partial charge in [0.05, 0.1) is 11.9 Å². The number of rotatable bonds is 6. The second-order valence-corrected chi connectivity index (χ2v) is 4.35. The van der Waals surface area contributed by atoms with Crippen molar-refractivity contribution < 1.29 is 19.8 Å². The first kappa shape index (κ1) is 14.7. The van der Waals surface area contributed by atoms with E-state index in [0.29, 0.717) is 12.1 Å². The summed E-state index contributed by atoms with van der Waals surface area (Å²) in [5.41, 5.74) is 0.561. The van der Waals surface area contributed by atoms with Crippen molar-refractivity contribution in [3.63, 3.8) is 0 Å². The van der Waals surface area contributed by atoms with Gasteiger partial charge in [0.15, 0.2) is 0 Å². The number of aromatic nitrogens is 2. The van der Waals surface area contributed by atoms with Crippen molar-refractivity contribution in [2.45, 2.75) is 13.8 Å². The lowest BCUT2D eigenvalue weighted by Gasteiger charge is -2.14. The Labute approximate surface area is 110 Å². The third-order valence-electron chi connectivity index (χ3n) is 2.88. The molecule has 1 unspecified atom stereocenters. The van der Waals surface area contributed by atoms with Crippen LogP contribution in [-0.2, 0) is 16.6 Å². The Balaban J connectivity index is 2.76. The number of aryl methyl sites for hydroxylation is 1. The summed E-state index contributed by atoms with van der Waals surface area (Å²) in [6.07, 6.45) is 3.42. The van der Waals surface area contributed by atoms with E-state index in [1.165, 1.54) is 6.92 Å². The summed E-state index contributed by atoms with van der Waals surface area (Å²) in [5.74, 6) is -3.06. The molecule has 0 saturated carbocycles. The van der Waals surface area contributed by atoms with Gasteiger partial charge in [0.1, 0.15) is 5.57 Å². The van der Waals surface area contributed by atoms with Crippen molar-refractivity contribution in [2.24, 2.45) is 13.0 Å². The van der Waals surface area contributed by atoms with Crippen LogP contribution in [0.15, 0.2) is 23.5 Å². The van der Waals surface area contributed by atoms with Gasteiger partial charge >= 0.3 is 11.9 Å². The topological polar surface area (TPSA) is 104 Å². The molecular weight excluding hydrogens is 250 g/mol. The smallest absolute Gasteiger partial charge is 0.343 e. The second-order valence-electron chi connectivity index (χ2n) is 4.35. The Morgan fingerprint density at radius 3 is 2.42 bits per heavy atom. The van der Waals surface area contributed by atoms with E-state index < -0.39 is 17.5 Å². The first-order chi connectivity index (χ1) is 8.82. The van der Waals surface area contributed by atoms with Crippen LogP contribution in [0.4, 0.5) is 5.69 Å². The van der Waals surface area contributed by atoms with Crippen LogP contribution in [0.1, 0.15) is 13.8 Å². The Bertz CT molecular complexity index is 503. The molecule has 19 heavy (non-hydrogen) atoms. The minimum absolute atomic E-state index is 0.220. The SMILES string of the molecule is CC(=C(C(=O)O)C(=O)O)C(C)CNc1cnn(C)c1. The van der Waals surface area contributed by atoms with Crippen molar-refractivity contribution in [3.05, 3.63) is 23.5 Å². The fraction of sp³-hybridized carbons (Fsp3) is 0.417. The second kappa shape index (κ2) is 6.03. The van der Waals surface area contributed by atoms with Crippen molar-refractivity contribution in [2.75, 3.05) is 11.9 Å². The molecule has 1 atom stereocenters. The van der Waals surface area contributed by atoms with Gasteiger partial charge in [0, 0.05) is 19.8 Å². The number of nitrogens with zero attached hydrogens (tertiary/aromatic N) is 2. The lowest BCUT2D eigenvalue weighted by Crippen LogP contribution is -2.20. The van der Waals surface area contributed by atoms with E-state index in [9.17, 15) is 9.59 Å². The van der Waals surface area contributed by atoms with Gasteiger partial charge in [-0.05, 0) is 18.4 Å². The summed E-state index contributed by atoms with van der Waals surface area (Å²) in [6, 6.07) is 0. The highest BCUT2D eigenvalue weighted by Crippen LogP contribution is 2.16. The number of nitrogens with one attached hydrogen (secondary N) is 1. The fourth-order valence-electron chi connectivity index (χ4n) is 1.61.